The summed E-state index contributed by atoms with van der Waals surface area (Å²) in [5, 5.41) is 16.0. The average molecular weight is 304 g/mol. The molecule has 0 aromatic heterocycles. The Morgan fingerprint density at radius 2 is 2.05 bits per heavy atom. The molecule has 0 saturated carbocycles. The van der Waals surface area contributed by atoms with E-state index in [1.54, 1.807) is 6.07 Å². The molecule has 0 saturated heterocycles. The van der Waals surface area contributed by atoms with Crippen LogP contribution in [0.25, 0.3) is 0 Å². The second kappa shape index (κ2) is 9.02. The van der Waals surface area contributed by atoms with Gasteiger partial charge < -0.3 is 16.3 Å². The van der Waals surface area contributed by atoms with Crippen molar-refractivity contribution in [2.24, 2.45) is 10.9 Å². The molecule has 0 bridgehead atoms. The Morgan fingerprint density at radius 3 is 2.74 bits per heavy atom. The van der Waals surface area contributed by atoms with Gasteiger partial charge in [-0.15, -0.1) is 0 Å². The molecule has 4 N–H and O–H groups in total. The fraction of sp³-hybridized carbons (Fsp3) is 0.462. The molecule has 0 radical (unpaired) electrons. The first-order valence-corrected chi connectivity index (χ1v) is 7.00. The Bertz CT molecular complexity index is 424. The summed E-state index contributed by atoms with van der Waals surface area (Å²) in [6.07, 6.45) is 3.40. The van der Waals surface area contributed by atoms with E-state index in [0.29, 0.717) is 16.5 Å². The summed E-state index contributed by atoms with van der Waals surface area (Å²) in [6, 6.07) is 5.56. The molecule has 1 aromatic rings. The van der Waals surface area contributed by atoms with Gasteiger partial charge in [0.25, 0.3) is 0 Å². The average Bonchev–Trinajstić information content (AvgIpc) is 2.39. The number of unbranched alkanes of at least 4 members (excludes halogenated alkanes) is 1. The van der Waals surface area contributed by atoms with E-state index in [1.807, 2.05) is 12.1 Å². The minimum absolute atomic E-state index is 0.285. The van der Waals surface area contributed by atoms with Crippen molar-refractivity contribution in [3.63, 3.8) is 0 Å². The fourth-order valence-electron chi connectivity index (χ4n) is 1.68. The van der Waals surface area contributed by atoms with Crippen molar-refractivity contribution < 1.29 is 5.21 Å². The monoisotopic (exact) mass is 303 g/mol. The Hall–Kier alpha value is -0.970. The summed E-state index contributed by atoms with van der Waals surface area (Å²) in [4.78, 5) is 0. The number of benzene rings is 1. The molecule has 0 unspecified atom stereocenters. The van der Waals surface area contributed by atoms with Crippen LogP contribution in [0, 0.1) is 0 Å². The van der Waals surface area contributed by atoms with Crippen LogP contribution in [0.15, 0.2) is 23.4 Å². The van der Waals surface area contributed by atoms with E-state index in [4.69, 9.17) is 34.1 Å². The molecule has 0 heterocycles. The maximum atomic E-state index is 8.37. The number of nitrogens with two attached hydrogens (primary N) is 1. The van der Waals surface area contributed by atoms with Crippen LogP contribution < -0.4 is 11.1 Å². The highest BCUT2D eigenvalue weighted by molar-refractivity contribution is 6.35. The molecular formula is C13H19Cl2N3O. The summed E-state index contributed by atoms with van der Waals surface area (Å²) in [7, 11) is 0. The smallest absolute Gasteiger partial charge is 0.139 e. The van der Waals surface area contributed by atoms with Crippen LogP contribution in [-0.4, -0.2) is 24.1 Å². The van der Waals surface area contributed by atoms with Gasteiger partial charge in [-0.25, -0.2) is 0 Å². The molecule has 0 aliphatic heterocycles. The third-order valence-corrected chi connectivity index (χ3v) is 3.34. The largest absolute Gasteiger partial charge is 0.409 e. The molecule has 0 spiro atoms. The first-order chi connectivity index (χ1) is 9.13. The zero-order chi connectivity index (χ0) is 14.1. The van der Waals surface area contributed by atoms with E-state index in [2.05, 4.69) is 10.5 Å². The van der Waals surface area contributed by atoms with E-state index < -0.39 is 0 Å². The molecule has 4 nitrogen and oxygen atoms in total. The van der Waals surface area contributed by atoms with Gasteiger partial charge in [0.2, 0.25) is 0 Å². The molecule has 0 aliphatic rings. The number of oxime groups is 1. The number of hydrogen-bond acceptors (Lipinski definition) is 3. The summed E-state index contributed by atoms with van der Waals surface area (Å²) >= 11 is 11.9. The third-order valence-electron chi connectivity index (χ3n) is 2.75. The van der Waals surface area contributed by atoms with Crippen molar-refractivity contribution in [2.45, 2.75) is 25.7 Å². The fourth-order valence-corrected chi connectivity index (χ4v) is 2.18. The number of hydrogen-bond donors (Lipinski definition) is 3. The summed E-state index contributed by atoms with van der Waals surface area (Å²) in [6.45, 7) is 1.77. The lowest BCUT2D eigenvalue weighted by atomic mass is 10.1. The number of nitrogens with one attached hydrogen (secondary N) is 1. The second-order valence-corrected chi connectivity index (χ2v) is 5.13. The van der Waals surface area contributed by atoms with Crippen LogP contribution in [0.5, 0.6) is 0 Å². The highest BCUT2D eigenvalue weighted by Crippen LogP contribution is 2.20. The summed E-state index contributed by atoms with van der Waals surface area (Å²) in [5.41, 5.74) is 6.47. The summed E-state index contributed by atoms with van der Waals surface area (Å²) < 4.78 is 0. The minimum atomic E-state index is 0.285. The number of rotatable bonds is 8. The van der Waals surface area contributed by atoms with Crippen molar-refractivity contribution in [1.82, 2.24) is 5.32 Å². The maximum Gasteiger partial charge on any atom is 0.139 e. The molecule has 106 valence electrons. The SMILES string of the molecule is NC(CCCCNCCc1ccc(Cl)cc1Cl)=NO. The predicted octanol–water partition coefficient (Wildman–Crippen LogP) is 3.04. The first-order valence-electron chi connectivity index (χ1n) is 6.24. The quantitative estimate of drug-likeness (QED) is 0.227. The van der Waals surface area contributed by atoms with Gasteiger partial charge in [0.1, 0.15) is 5.84 Å². The standard InChI is InChI=1S/C13H19Cl2N3O/c14-11-5-4-10(12(15)9-11)6-8-17-7-2-1-3-13(16)18-19/h4-5,9,17,19H,1-3,6-8H2,(H2,16,18). The molecule has 1 rings (SSSR count). The Balaban J connectivity index is 2.11. The molecular weight excluding hydrogens is 285 g/mol. The van der Waals surface area contributed by atoms with E-state index in [9.17, 15) is 0 Å². The van der Waals surface area contributed by atoms with Crippen LogP contribution in [0.2, 0.25) is 10.0 Å². The van der Waals surface area contributed by atoms with Crippen molar-refractivity contribution in [2.75, 3.05) is 13.1 Å². The highest BCUT2D eigenvalue weighted by Gasteiger charge is 2.00. The molecule has 0 aliphatic carbocycles. The molecule has 19 heavy (non-hydrogen) atoms. The van der Waals surface area contributed by atoms with E-state index in [0.717, 1.165) is 37.9 Å². The van der Waals surface area contributed by atoms with Crippen molar-refractivity contribution in [3.05, 3.63) is 33.8 Å². The topological polar surface area (TPSA) is 70.6 Å². The normalized spacial score (nSPS) is 11.8. The van der Waals surface area contributed by atoms with Crippen molar-refractivity contribution in [1.29, 1.82) is 0 Å². The maximum absolute atomic E-state index is 8.37. The van der Waals surface area contributed by atoms with Crippen molar-refractivity contribution >= 4 is 29.0 Å². The highest BCUT2D eigenvalue weighted by atomic mass is 35.5. The van der Waals surface area contributed by atoms with Gasteiger partial charge in [0.15, 0.2) is 0 Å². The lowest BCUT2D eigenvalue weighted by molar-refractivity contribution is 0.316. The van der Waals surface area contributed by atoms with Gasteiger partial charge in [-0.2, -0.15) is 0 Å². The lowest BCUT2D eigenvalue weighted by Gasteiger charge is -2.06. The number of halogens is 2. The van der Waals surface area contributed by atoms with Crippen LogP contribution in [-0.2, 0) is 6.42 Å². The zero-order valence-electron chi connectivity index (χ0n) is 10.7. The van der Waals surface area contributed by atoms with Crippen LogP contribution in [0.3, 0.4) is 0 Å². The minimum Gasteiger partial charge on any atom is -0.409 e. The molecule has 0 atom stereocenters. The van der Waals surface area contributed by atoms with Crippen LogP contribution in [0.4, 0.5) is 0 Å². The second-order valence-electron chi connectivity index (χ2n) is 4.28. The molecule has 0 amide bonds. The predicted molar refractivity (Wildman–Crippen MR) is 80.3 cm³/mol. The van der Waals surface area contributed by atoms with Crippen LogP contribution in [0.1, 0.15) is 24.8 Å². The third kappa shape index (κ3) is 6.66. The van der Waals surface area contributed by atoms with Gasteiger partial charge >= 0.3 is 0 Å². The van der Waals surface area contributed by atoms with Gasteiger partial charge in [0, 0.05) is 16.5 Å². The summed E-state index contributed by atoms with van der Waals surface area (Å²) in [5.74, 6) is 0.285. The van der Waals surface area contributed by atoms with Gasteiger partial charge in [0.05, 0.1) is 0 Å². The first kappa shape index (κ1) is 16.1. The van der Waals surface area contributed by atoms with E-state index in [1.165, 1.54) is 0 Å². The number of amidine groups is 1. The molecule has 6 heteroatoms. The molecule has 1 aromatic carbocycles. The molecule has 0 fully saturated rings. The zero-order valence-corrected chi connectivity index (χ0v) is 12.2. The van der Waals surface area contributed by atoms with Crippen molar-refractivity contribution in [3.8, 4) is 0 Å². The van der Waals surface area contributed by atoms with E-state index >= 15 is 0 Å². The van der Waals surface area contributed by atoms with Gasteiger partial charge in [-0.05, 0) is 50.0 Å². The number of nitrogens with zero attached hydrogens (tertiary/aromatic N) is 1. The van der Waals surface area contributed by atoms with Crippen LogP contribution >= 0.6 is 23.2 Å². The Morgan fingerprint density at radius 1 is 1.26 bits per heavy atom. The van der Waals surface area contributed by atoms with Gasteiger partial charge in [-0.3, -0.25) is 0 Å². The lowest BCUT2D eigenvalue weighted by Crippen LogP contribution is -2.19. The van der Waals surface area contributed by atoms with E-state index in [-0.39, 0.29) is 5.84 Å². The van der Waals surface area contributed by atoms with Gasteiger partial charge in [-0.1, -0.05) is 34.4 Å². The Labute approximate surface area is 123 Å². The Kier molecular flexibility index (Phi) is 7.63.